The topological polar surface area (TPSA) is 74.2 Å². The van der Waals surface area contributed by atoms with E-state index < -0.39 is 22.8 Å². The van der Waals surface area contributed by atoms with Crippen LogP contribution in [-0.4, -0.2) is 47.1 Å². The molecule has 5 aliphatic heterocycles. The molecular weight excluding hydrogens is 456 g/mol. The SMILES string of the molecule is C=C1CC[C@@H](C/C=C2\CC[C@]3(OC2)O[C@@]2(O)CC[C@]3(C)OC2(C)C)C(C)(C)[C@H]1C/C=C1/CCOC1=O. The van der Waals surface area contributed by atoms with E-state index in [0.29, 0.717) is 37.9 Å². The van der Waals surface area contributed by atoms with Gasteiger partial charge in [-0.2, -0.15) is 0 Å². The molecule has 6 fully saturated rings. The first-order chi connectivity index (χ1) is 16.8. The van der Waals surface area contributed by atoms with Crippen LogP contribution >= 0.6 is 0 Å². The van der Waals surface area contributed by atoms with Crippen molar-refractivity contribution in [2.24, 2.45) is 17.3 Å². The molecule has 5 heterocycles. The smallest absolute Gasteiger partial charge is 0.333 e. The Labute approximate surface area is 216 Å². The number of rotatable bonds is 4. The number of hydrogen-bond acceptors (Lipinski definition) is 6. The molecule has 1 saturated carbocycles. The van der Waals surface area contributed by atoms with E-state index in [2.05, 4.69) is 39.5 Å². The average Bonchev–Trinajstić information content (AvgIpc) is 3.20. The van der Waals surface area contributed by atoms with Crippen molar-refractivity contribution in [1.82, 2.24) is 0 Å². The van der Waals surface area contributed by atoms with Gasteiger partial charge in [0.2, 0.25) is 5.79 Å². The van der Waals surface area contributed by atoms with Crippen molar-refractivity contribution in [3.05, 3.63) is 35.5 Å². The molecule has 0 aromatic carbocycles. The minimum Gasteiger partial charge on any atom is -0.462 e. The molecule has 0 amide bonds. The van der Waals surface area contributed by atoms with Crippen LogP contribution < -0.4 is 0 Å². The summed E-state index contributed by atoms with van der Waals surface area (Å²) in [5, 5.41) is 11.2. The maximum Gasteiger partial charge on any atom is 0.333 e. The van der Waals surface area contributed by atoms with Crippen LogP contribution in [0.3, 0.4) is 0 Å². The Kier molecular flexibility index (Phi) is 6.39. The molecule has 0 radical (unpaired) electrons. The second-order valence-electron chi connectivity index (χ2n) is 13.0. The Morgan fingerprint density at radius 3 is 2.42 bits per heavy atom. The van der Waals surface area contributed by atoms with Crippen LogP contribution in [0.5, 0.6) is 0 Å². The summed E-state index contributed by atoms with van der Waals surface area (Å²) < 4.78 is 24.3. The Hall–Kier alpha value is -1.47. The number of hydrogen-bond donors (Lipinski definition) is 1. The number of carbonyl (C=O) groups is 1. The molecule has 0 aromatic heterocycles. The van der Waals surface area contributed by atoms with Gasteiger partial charge in [0.05, 0.1) is 13.2 Å². The fourth-order valence-electron chi connectivity index (χ4n) is 7.37. The maximum absolute atomic E-state index is 11.9. The van der Waals surface area contributed by atoms with Crippen LogP contribution in [0, 0.1) is 17.3 Å². The van der Waals surface area contributed by atoms with E-state index in [1.54, 1.807) is 0 Å². The number of esters is 1. The standard InChI is InChI=1S/C30H44O6/c1-20-7-10-23(26(2,3)24(20)12-9-22-14-18-33-25(22)31)11-8-21-13-15-30(34-19-21)28(6)16-17-29(32,36-30)27(4,5)35-28/h8-9,23-24,32H,1,7,10-19H2,2-6H3/b21-8+,22-9-/t23-,24-,28-,29-,30-/m0/s1. The number of cyclic esters (lactones) is 1. The fraction of sp³-hybridized carbons (Fsp3) is 0.767. The third kappa shape index (κ3) is 4.13. The van der Waals surface area contributed by atoms with Crippen LogP contribution in [-0.2, 0) is 23.7 Å². The minimum absolute atomic E-state index is 0.0878. The summed E-state index contributed by atoms with van der Waals surface area (Å²) >= 11 is 0. The molecule has 6 rings (SSSR count). The highest BCUT2D eigenvalue weighted by Gasteiger charge is 2.70. The van der Waals surface area contributed by atoms with Gasteiger partial charge in [-0.1, -0.05) is 38.2 Å². The highest BCUT2D eigenvalue weighted by atomic mass is 16.8. The summed E-state index contributed by atoms with van der Waals surface area (Å²) in [5.74, 6) is -1.48. The van der Waals surface area contributed by atoms with Crippen molar-refractivity contribution in [1.29, 1.82) is 0 Å². The molecule has 5 saturated heterocycles. The van der Waals surface area contributed by atoms with E-state index in [-0.39, 0.29) is 11.4 Å². The van der Waals surface area contributed by atoms with Crippen molar-refractivity contribution in [2.75, 3.05) is 13.2 Å². The molecule has 0 unspecified atom stereocenters. The zero-order valence-corrected chi connectivity index (χ0v) is 22.8. The van der Waals surface area contributed by atoms with Gasteiger partial charge in [-0.05, 0) is 82.1 Å². The monoisotopic (exact) mass is 500 g/mol. The third-order valence-electron chi connectivity index (χ3n) is 10.2. The molecule has 1 spiro atoms. The Bertz CT molecular complexity index is 979. The minimum atomic E-state index is -1.32. The van der Waals surface area contributed by atoms with Crippen molar-refractivity contribution in [2.45, 2.75) is 115 Å². The number of fused-ring (bicyclic) bond motifs is 2. The lowest BCUT2D eigenvalue weighted by atomic mass is 9.58. The molecule has 2 bridgehead atoms. The Balaban J connectivity index is 1.23. The number of ether oxygens (including phenoxy) is 4. The second kappa shape index (κ2) is 8.79. The molecule has 6 nitrogen and oxygen atoms in total. The van der Waals surface area contributed by atoms with Crippen molar-refractivity contribution in [3.63, 3.8) is 0 Å². The lowest BCUT2D eigenvalue weighted by Gasteiger charge is -2.66. The quantitative estimate of drug-likeness (QED) is 0.301. The first kappa shape index (κ1) is 26.1. The van der Waals surface area contributed by atoms with E-state index >= 15 is 0 Å². The summed E-state index contributed by atoms with van der Waals surface area (Å²) in [6.45, 7) is 16.0. The van der Waals surface area contributed by atoms with Crippen LogP contribution in [0.4, 0.5) is 0 Å². The summed E-state index contributed by atoms with van der Waals surface area (Å²) in [5.41, 5.74) is 2.18. The first-order valence-corrected chi connectivity index (χ1v) is 13.8. The van der Waals surface area contributed by atoms with Gasteiger partial charge in [0.25, 0.3) is 0 Å². The second-order valence-corrected chi connectivity index (χ2v) is 13.0. The number of allylic oxidation sites excluding steroid dienone is 3. The summed E-state index contributed by atoms with van der Waals surface area (Å²) in [4.78, 5) is 11.9. The Morgan fingerprint density at radius 2 is 1.78 bits per heavy atom. The van der Waals surface area contributed by atoms with E-state index in [1.165, 1.54) is 11.1 Å². The number of carbonyl (C=O) groups excluding carboxylic acids is 1. The fourth-order valence-corrected chi connectivity index (χ4v) is 7.37. The van der Waals surface area contributed by atoms with Crippen LogP contribution in [0.15, 0.2) is 35.5 Å². The van der Waals surface area contributed by atoms with Crippen molar-refractivity contribution in [3.8, 4) is 0 Å². The predicted octanol–water partition coefficient (Wildman–Crippen LogP) is 5.75. The molecule has 1 aliphatic carbocycles. The first-order valence-electron chi connectivity index (χ1n) is 13.8. The molecule has 6 aliphatic rings. The molecule has 6 heteroatoms. The highest BCUT2D eigenvalue weighted by Crippen LogP contribution is 2.59. The number of aliphatic hydroxyl groups is 1. The van der Waals surface area contributed by atoms with Gasteiger partial charge in [0.15, 0.2) is 5.79 Å². The maximum atomic E-state index is 11.9. The van der Waals surface area contributed by atoms with Crippen molar-refractivity contribution < 1.29 is 28.8 Å². The van der Waals surface area contributed by atoms with Crippen molar-refractivity contribution >= 4 is 5.97 Å². The normalized spacial score (nSPS) is 43.9. The molecule has 5 atom stereocenters. The average molecular weight is 501 g/mol. The van der Waals surface area contributed by atoms with E-state index in [1.807, 2.05) is 13.8 Å². The van der Waals surface area contributed by atoms with E-state index in [0.717, 1.165) is 50.5 Å². The molecular formula is C30H44O6. The van der Waals surface area contributed by atoms with Crippen LogP contribution in [0.25, 0.3) is 0 Å². The Morgan fingerprint density at radius 1 is 1.00 bits per heavy atom. The lowest BCUT2D eigenvalue weighted by molar-refractivity contribution is -0.518. The highest BCUT2D eigenvalue weighted by molar-refractivity contribution is 5.90. The molecule has 0 aromatic rings. The largest absolute Gasteiger partial charge is 0.462 e. The van der Waals surface area contributed by atoms with Crippen LogP contribution in [0.2, 0.25) is 0 Å². The third-order valence-corrected chi connectivity index (χ3v) is 10.2. The summed E-state index contributed by atoms with van der Waals surface area (Å²) in [6, 6.07) is 0. The summed E-state index contributed by atoms with van der Waals surface area (Å²) in [6.07, 6.45) is 12.1. The van der Waals surface area contributed by atoms with Gasteiger partial charge in [-0.15, -0.1) is 0 Å². The van der Waals surface area contributed by atoms with Gasteiger partial charge in [0, 0.05) is 24.8 Å². The molecule has 1 N–H and O–H groups in total. The zero-order valence-electron chi connectivity index (χ0n) is 22.8. The zero-order chi connectivity index (χ0) is 26.0. The van der Waals surface area contributed by atoms with E-state index in [9.17, 15) is 9.90 Å². The van der Waals surface area contributed by atoms with Crippen LogP contribution in [0.1, 0.15) is 92.4 Å². The van der Waals surface area contributed by atoms with E-state index in [4.69, 9.17) is 18.9 Å². The molecule has 200 valence electrons. The van der Waals surface area contributed by atoms with Gasteiger partial charge in [0.1, 0.15) is 11.2 Å². The summed E-state index contributed by atoms with van der Waals surface area (Å²) in [7, 11) is 0. The van der Waals surface area contributed by atoms with Gasteiger partial charge in [-0.3, -0.25) is 0 Å². The van der Waals surface area contributed by atoms with Gasteiger partial charge in [-0.25, -0.2) is 4.79 Å². The predicted molar refractivity (Wildman–Crippen MR) is 137 cm³/mol. The van der Waals surface area contributed by atoms with Gasteiger partial charge >= 0.3 is 5.97 Å². The molecule has 36 heavy (non-hydrogen) atoms. The lowest BCUT2D eigenvalue weighted by Crippen LogP contribution is -2.78. The van der Waals surface area contributed by atoms with Gasteiger partial charge < -0.3 is 24.1 Å².